The van der Waals surface area contributed by atoms with Gasteiger partial charge in [0.2, 0.25) is 5.79 Å². The van der Waals surface area contributed by atoms with Gasteiger partial charge in [0.15, 0.2) is 0 Å². The summed E-state index contributed by atoms with van der Waals surface area (Å²) in [7, 11) is 0. The van der Waals surface area contributed by atoms with Crippen molar-refractivity contribution in [2.75, 3.05) is 0 Å². The first-order valence-electron chi connectivity index (χ1n) is 3.50. The van der Waals surface area contributed by atoms with E-state index in [4.69, 9.17) is 11.8 Å². The molecule has 0 bridgehead atoms. The minimum absolute atomic E-state index is 0.661. The molecule has 0 heterocycles. The molecule has 0 saturated carbocycles. The molecule has 0 aromatic rings. The summed E-state index contributed by atoms with van der Waals surface area (Å²) >= 11 is 0. The second-order valence-electron chi connectivity index (χ2n) is 2.25. The first-order chi connectivity index (χ1) is 4.74. The fourth-order valence-electron chi connectivity index (χ4n) is 0.870. The summed E-state index contributed by atoms with van der Waals surface area (Å²) in [4.78, 5) is 9.26. The maximum absolute atomic E-state index is 5.01. The molecule has 4 nitrogen and oxygen atoms in total. The maximum Gasteiger partial charge on any atom is 0.205 e. The molecule has 0 rings (SSSR count). The molecule has 0 aliphatic heterocycles. The number of rotatable bonds is 5. The van der Waals surface area contributed by atoms with Crippen molar-refractivity contribution < 1.29 is 9.68 Å². The molecule has 0 radical (unpaired) electrons. The molecule has 0 spiro atoms. The molecule has 10 heavy (non-hydrogen) atoms. The molecule has 0 unspecified atom stereocenters. The van der Waals surface area contributed by atoms with E-state index in [0.717, 1.165) is 12.8 Å². The summed E-state index contributed by atoms with van der Waals surface area (Å²) in [6.45, 7) is 3.93. The van der Waals surface area contributed by atoms with E-state index in [0.29, 0.717) is 6.42 Å². The second kappa shape index (κ2) is 4.62. The average Bonchev–Trinajstić information content (AvgIpc) is 2.01. The van der Waals surface area contributed by atoms with Crippen LogP contribution >= 0.6 is 0 Å². The first-order valence-corrected chi connectivity index (χ1v) is 3.50. The molecule has 0 atom stereocenters. The van der Waals surface area contributed by atoms with Crippen LogP contribution in [-0.2, 0) is 9.68 Å². The van der Waals surface area contributed by atoms with Crippen molar-refractivity contribution in [2.45, 2.75) is 38.9 Å². The molecule has 0 amide bonds. The minimum atomic E-state index is -0.769. The van der Waals surface area contributed by atoms with Crippen molar-refractivity contribution in [1.82, 2.24) is 0 Å². The zero-order chi connectivity index (χ0) is 8.04. The zero-order valence-electron chi connectivity index (χ0n) is 6.59. The maximum atomic E-state index is 5.01. The van der Waals surface area contributed by atoms with Crippen LogP contribution in [-0.4, -0.2) is 5.79 Å². The standard InChI is InChI=1S/C6H16N2O2/c1-3-5-6(4-2,9-7)10-8/h3-5,7-8H2,1-2H3. The Hall–Kier alpha value is -0.160. The van der Waals surface area contributed by atoms with Crippen molar-refractivity contribution in [1.29, 1.82) is 0 Å². The Morgan fingerprint density at radius 1 is 1.20 bits per heavy atom. The third-order valence-electron chi connectivity index (χ3n) is 1.60. The molecule has 4 N–H and O–H groups in total. The van der Waals surface area contributed by atoms with Gasteiger partial charge in [0, 0.05) is 12.8 Å². The van der Waals surface area contributed by atoms with E-state index in [1.807, 2.05) is 13.8 Å². The summed E-state index contributed by atoms with van der Waals surface area (Å²) in [6.07, 6.45) is 2.31. The van der Waals surface area contributed by atoms with Crippen LogP contribution in [0.3, 0.4) is 0 Å². The molecule has 0 aromatic heterocycles. The Kier molecular flexibility index (Phi) is 4.55. The monoisotopic (exact) mass is 148 g/mol. The van der Waals surface area contributed by atoms with Gasteiger partial charge in [-0.1, -0.05) is 20.3 Å². The van der Waals surface area contributed by atoms with E-state index in [2.05, 4.69) is 9.68 Å². The highest BCUT2D eigenvalue weighted by atomic mass is 16.8. The van der Waals surface area contributed by atoms with Crippen LogP contribution < -0.4 is 11.8 Å². The van der Waals surface area contributed by atoms with Gasteiger partial charge in [0.1, 0.15) is 0 Å². The minimum Gasteiger partial charge on any atom is -0.268 e. The lowest BCUT2D eigenvalue weighted by atomic mass is 10.1. The molecule has 0 aliphatic rings. The van der Waals surface area contributed by atoms with E-state index in [1.54, 1.807) is 0 Å². The SMILES string of the molecule is CCCC(CC)(ON)ON. The summed E-state index contributed by atoms with van der Waals surface area (Å²) in [5.74, 6) is 9.25. The van der Waals surface area contributed by atoms with Crippen LogP contribution in [0.5, 0.6) is 0 Å². The Bertz CT molecular complexity index is 75.6. The average molecular weight is 148 g/mol. The molecule has 0 aromatic carbocycles. The third kappa shape index (κ3) is 2.22. The van der Waals surface area contributed by atoms with E-state index in [9.17, 15) is 0 Å². The van der Waals surface area contributed by atoms with Crippen LogP contribution in [0.1, 0.15) is 33.1 Å². The number of hydrogen-bond donors (Lipinski definition) is 2. The van der Waals surface area contributed by atoms with E-state index >= 15 is 0 Å². The summed E-state index contributed by atoms with van der Waals surface area (Å²) in [5, 5.41) is 0. The van der Waals surface area contributed by atoms with Gasteiger partial charge in [0.05, 0.1) is 0 Å². The van der Waals surface area contributed by atoms with E-state index < -0.39 is 5.79 Å². The highest BCUT2D eigenvalue weighted by Crippen LogP contribution is 2.19. The topological polar surface area (TPSA) is 70.5 Å². The van der Waals surface area contributed by atoms with E-state index in [-0.39, 0.29) is 0 Å². The molecule has 0 saturated heterocycles. The molecular formula is C6H16N2O2. The Balaban J connectivity index is 3.87. The lowest BCUT2D eigenvalue weighted by molar-refractivity contribution is -0.249. The van der Waals surface area contributed by atoms with Gasteiger partial charge >= 0.3 is 0 Å². The van der Waals surface area contributed by atoms with Crippen molar-refractivity contribution in [3.8, 4) is 0 Å². The van der Waals surface area contributed by atoms with Gasteiger partial charge in [-0.3, -0.25) is 9.68 Å². The van der Waals surface area contributed by atoms with Gasteiger partial charge < -0.3 is 0 Å². The van der Waals surface area contributed by atoms with Gasteiger partial charge in [-0.05, 0) is 0 Å². The Morgan fingerprint density at radius 2 is 1.70 bits per heavy atom. The predicted molar refractivity (Wildman–Crippen MR) is 38.5 cm³/mol. The van der Waals surface area contributed by atoms with Crippen LogP contribution in [0.4, 0.5) is 0 Å². The van der Waals surface area contributed by atoms with Crippen LogP contribution in [0.2, 0.25) is 0 Å². The van der Waals surface area contributed by atoms with E-state index in [1.165, 1.54) is 0 Å². The molecule has 4 heteroatoms. The Morgan fingerprint density at radius 3 is 1.80 bits per heavy atom. The fraction of sp³-hybridized carbons (Fsp3) is 1.00. The molecule has 62 valence electrons. The molecule has 0 aliphatic carbocycles. The Labute approximate surface area is 61.4 Å². The van der Waals surface area contributed by atoms with Crippen LogP contribution in [0.15, 0.2) is 0 Å². The number of nitrogens with two attached hydrogens (primary N) is 2. The molecule has 0 fully saturated rings. The van der Waals surface area contributed by atoms with Crippen LogP contribution in [0.25, 0.3) is 0 Å². The largest absolute Gasteiger partial charge is 0.268 e. The van der Waals surface area contributed by atoms with Crippen molar-refractivity contribution >= 4 is 0 Å². The quantitative estimate of drug-likeness (QED) is 0.444. The van der Waals surface area contributed by atoms with Crippen molar-refractivity contribution in [2.24, 2.45) is 11.8 Å². The smallest absolute Gasteiger partial charge is 0.205 e. The normalized spacial score (nSPS) is 12.0. The van der Waals surface area contributed by atoms with Crippen molar-refractivity contribution in [3.63, 3.8) is 0 Å². The lowest BCUT2D eigenvalue weighted by Gasteiger charge is -2.26. The zero-order valence-corrected chi connectivity index (χ0v) is 6.59. The van der Waals surface area contributed by atoms with Gasteiger partial charge in [-0.25, -0.2) is 11.8 Å². The van der Waals surface area contributed by atoms with Crippen molar-refractivity contribution in [3.05, 3.63) is 0 Å². The molecular weight excluding hydrogens is 132 g/mol. The highest BCUT2D eigenvalue weighted by molar-refractivity contribution is 4.63. The van der Waals surface area contributed by atoms with Gasteiger partial charge in [0.25, 0.3) is 0 Å². The summed E-state index contributed by atoms with van der Waals surface area (Å²) in [5.41, 5.74) is 0. The van der Waals surface area contributed by atoms with Gasteiger partial charge in [-0.15, -0.1) is 0 Å². The first kappa shape index (κ1) is 9.84. The van der Waals surface area contributed by atoms with Crippen LogP contribution in [0, 0.1) is 0 Å². The fourth-order valence-corrected chi connectivity index (χ4v) is 0.870. The lowest BCUT2D eigenvalue weighted by Crippen LogP contribution is -2.40. The van der Waals surface area contributed by atoms with Gasteiger partial charge in [-0.2, -0.15) is 0 Å². The highest BCUT2D eigenvalue weighted by Gasteiger charge is 2.27. The predicted octanol–water partition coefficient (Wildman–Crippen LogP) is 0.673. The summed E-state index contributed by atoms with van der Waals surface area (Å²) < 4.78 is 0. The number of hydrogen-bond acceptors (Lipinski definition) is 4. The second-order valence-corrected chi connectivity index (χ2v) is 2.25. The third-order valence-corrected chi connectivity index (χ3v) is 1.60. The summed E-state index contributed by atoms with van der Waals surface area (Å²) in [6, 6.07) is 0.